The first kappa shape index (κ1) is 12.8. The van der Waals surface area contributed by atoms with E-state index in [2.05, 4.69) is 16.8 Å². The Balaban J connectivity index is 1.92. The molecule has 0 saturated carbocycles. The van der Waals surface area contributed by atoms with Crippen LogP contribution in [-0.2, 0) is 9.53 Å². The van der Waals surface area contributed by atoms with Crippen molar-refractivity contribution in [3.8, 4) is 0 Å². The van der Waals surface area contributed by atoms with Crippen LogP contribution in [0, 0.1) is 5.92 Å². The molecular formula is C13H24N2O2. The summed E-state index contributed by atoms with van der Waals surface area (Å²) < 4.78 is 4.97. The first-order valence-electron chi connectivity index (χ1n) is 6.69. The average molecular weight is 240 g/mol. The number of hydrogen-bond acceptors (Lipinski definition) is 3. The molecule has 2 saturated heterocycles. The van der Waals surface area contributed by atoms with Crippen molar-refractivity contribution in [3.63, 3.8) is 0 Å². The molecule has 0 aromatic heterocycles. The van der Waals surface area contributed by atoms with Crippen molar-refractivity contribution >= 4 is 5.91 Å². The molecule has 2 rings (SSSR count). The SMILES string of the molecule is COCC(=O)N1CCCC1C1CCN(C)CC1. The number of likely N-dealkylation sites (tertiary alicyclic amines) is 2. The minimum atomic E-state index is 0.175. The molecule has 2 aliphatic heterocycles. The van der Waals surface area contributed by atoms with E-state index in [4.69, 9.17) is 4.74 Å². The van der Waals surface area contributed by atoms with Gasteiger partial charge in [-0.25, -0.2) is 0 Å². The van der Waals surface area contributed by atoms with E-state index in [-0.39, 0.29) is 12.5 Å². The second kappa shape index (κ2) is 5.83. The molecule has 0 spiro atoms. The van der Waals surface area contributed by atoms with E-state index in [0.29, 0.717) is 12.0 Å². The van der Waals surface area contributed by atoms with Gasteiger partial charge in [0, 0.05) is 19.7 Å². The summed E-state index contributed by atoms with van der Waals surface area (Å²) in [5.74, 6) is 0.878. The third kappa shape index (κ3) is 2.99. The van der Waals surface area contributed by atoms with Crippen LogP contribution in [0.2, 0.25) is 0 Å². The number of hydrogen-bond donors (Lipinski definition) is 0. The molecular weight excluding hydrogens is 216 g/mol. The van der Waals surface area contributed by atoms with Gasteiger partial charge in [0.15, 0.2) is 0 Å². The van der Waals surface area contributed by atoms with Crippen LogP contribution in [0.25, 0.3) is 0 Å². The van der Waals surface area contributed by atoms with Gasteiger partial charge in [0.2, 0.25) is 5.91 Å². The van der Waals surface area contributed by atoms with Crippen LogP contribution >= 0.6 is 0 Å². The highest BCUT2D eigenvalue weighted by molar-refractivity contribution is 5.78. The number of carbonyl (C=O) groups excluding carboxylic acids is 1. The first-order valence-corrected chi connectivity index (χ1v) is 6.69. The molecule has 4 nitrogen and oxygen atoms in total. The molecule has 0 N–H and O–H groups in total. The Labute approximate surface area is 104 Å². The number of rotatable bonds is 3. The normalized spacial score (nSPS) is 27.6. The van der Waals surface area contributed by atoms with Gasteiger partial charge < -0.3 is 14.5 Å². The summed E-state index contributed by atoms with van der Waals surface area (Å²) in [6.45, 7) is 3.52. The highest BCUT2D eigenvalue weighted by Gasteiger charge is 2.35. The van der Waals surface area contributed by atoms with Crippen LogP contribution in [0.1, 0.15) is 25.7 Å². The number of carbonyl (C=O) groups is 1. The monoisotopic (exact) mass is 240 g/mol. The Bertz CT molecular complexity index is 262. The Hall–Kier alpha value is -0.610. The molecule has 0 radical (unpaired) electrons. The van der Waals surface area contributed by atoms with E-state index in [0.717, 1.165) is 13.0 Å². The van der Waals surface area contributed by atoms with Gasteiger partial charge in [0.1, 0.15) is 6.61 Å². The number of methoxy groups -OCH3 is 1. The summed E-state index contributed by atoms with van der Waals surface area (Å²) >= 11 is 0. The zero-order valence-corrected chi connectivity index (χ0v) is 11.0. The zero-order valence-electron chi connectivity index (χ0n) is 11.0. The fraction of sp³-hybridized carbons (Fsp3) is 0.923. The zero-order chi connectivity index (χ0) is 12.3. The van der Waals surface area contributed by atoms with Crippen LogP contribution < -0.4 is 0 Å². The molecule has 2 heterocycles. The van der Waals surface area contributed by atoms with Gasteiger partial charge in [-0.3, -0.25) is 4.79 Å². The van der Waals surface area contributed by atoms with Crippen LogP contribution in [-0.4, -0.2) is 62.1 Å². The van der Waals surface area contributed by atoms with Crippen molar-refractivity contribution in [2.24, 2.45) is 5.92 Å². The van der Waals surface area contributed by atoms with E-state index >= 15 is 0 Å². The summed E-state index contributed by atoms with van der Waals surface area (Å²) in [4.78, 5) is 16.4. The van der Waals surface area contributed by atoms with E-state index < -0.39 is 0 Å². The topological polar surface area (TPSA) is 32.8 Å². The lowest BCUT2D eigenvalue weighted by Gasteiger charge is -2.36. The van der Waals surface area contributed by atoms with Crippen molar-refractivity contribution in [2.45, 2.75) is 31.7 Å². The standard InChI is InChI=1S/C13H24N2O2/c1-14-8-5-11(6-9-14)12-4-3-7-15(12)13(16)10-17-2/h11-12H,3-10H2,1-2H3. The van der Waals surface area contributed by atoms with Gasteiger partial charge in [0.25, 0.3) is 0 Å². The minimum absolute atomic E-state index is 0.175. The van der Waals surface area contributed by atoms with Crippen LogP contribution in [0.15, 0.2) is 0 Å². The second-order valence-corrected chi connectivity index (χ2v) is 5.37. The fourth-order valence-corrected chi connectivity index (χ4v) is 3.21. The Morgan fingerprint density at radius 2 is 1.94 bits per heavy atom. The van der Waals surface area contributed by atoms with E-state index in [9.17, 15) is 4.79 Å². The minimum Gasteiger partial charge on any atom is -0.375 e. The smallest absolute Gasteiger partial charge is 0.248 e. The van der Waals surface area contributed by atoms with Gasteiger partial charge in [-0.2, -0.15) is 0 Å². The van der Waals surface area contributed by atoms with Gasteiger partial charge >= 0.3 is 0 Å². The van der Waals surface area contributed by atoms with Crippen molar-refractivity contribution < 1.29 is 9.53 Å². The first-order chi connectivity index (χ1) is 8.22. The highest BCUT2D eigenvalue weighted by Crippen LogP contribution is 2.30. The Kier molecular flexibility index (Phi) is 4.40. The average Bonchev–Trinajstić information content (AvgIpc) is 2.79. The molecule has 0 aromatic carbocycles. The van der Waals surface area contributed by atoms with Crippen molar-refractivity contribution in [1.82, 2.24) is 9.80 Å². The lowest BCUT2D eigenvalue weighted by Crippen LogP contribution is -2.45. The summed E-state index contributed by atoms with van der Waals surface area (Å²) in [6, 6.07) is 0.478. The Morgan fingerprint density at radius 3 is 2.59 bits per heavy atom. The van der Waals surface area contributed by atoms with Gasteiger partial charge in [-0.15, -0.1) is 0 Å². The lowest BCUT2D eigenvalue weighted by atomic mass is 9.88. The summed E-state index contributed by atoms with van der Waals surface area (Å²) in [6.07, 6.45) is 4.81. The summed E-state index contributed by atoms with van der Waals surface area (Å²) in [7, 11) is 3.78. The number of ether oxygens (including phenoxy) is 1. The molecule has 1 atom stereocenters. The van der Waals surface area contributed by atoms with Crippen LogP contribution in [0.4, 0.5) is 0 Å². The molecule has 1 unspecified atom stereocenters. The van der Waals surface area contributed by atoms with Gasteiger partial charge in [-0.05, 0) is 51.7 Å². The molecule has 4 heteroatoms. The van der Waals surface area contributed by atoms with Gasteiger partial charge in [0.05, 0.1) is 0 Å². The van der Waals surface area contributed by atoms with Crippen molar-refractivity contribution in [2.75, 3.05) is 40.4 Å². The molecule has 2 aliphatic rings. The maximum atomic E-state index is 12.0. The summed E-state index contributed by atoms with van der Waals surface area (Å²) in [5.41, 5.74) is 0. The maximum absolute atomic E-state index is 12.0. The van der Waals surface area contributed by atoms with Crippen LogP contribution in [0.3, 0.4) is 0 Å². The third-order valence-corrected chi connectivity index (χ3v) is 4.19. The molecule has 2 fully saturated rings. The van der Waals surface area contributed by atoms with Crippen molar-refractivity contribution in [3.05, 3.63) is 0 Å². The highest BCUT2D eigenvalue weighted by atomic mass is 16.5. The molecule has 17 heavy (non-hydrogen) atoms. The third-order valence-electron chi connectivity index (χ3n) is 4.19. The summed E-state index contributed by atoms with van der Waals surface area (Å²) in [5, 5.41) is 0. The fourth-order valence-electron chi connectivity index (χ4n) is 3.21. The quantitative estimate of drug-likeness (QED) is 0.737. The van der Waals surface area contributed by atoms with E-state index in [1.54, 1.807) is 7.11 Å². The van der Waals surface area contributed by atoms with E-state index in [1.165, 1.54) is 32.4 Å². The number of amides is 1. The number of nitrogens with zero attached hydrogens (tertiary/aromatic N) is 2. The molecule has 0 bridgehead atoms. The predicted molar refractivity (Wildman–Crippen MR) is 66.8 cm³/mol. The molecule has 0 aliphatic carbocycles. The maximum Gasteiger partial charge on any atom is 0.248 e. The second-order valence-electron chi connectivity index (χ2n) is 5.37. The molecule has 98 valence electrons. The van der Waals surface area contributed by atoms with Gasteiger partial charge in [-0.1, -0.05) is 0 Å². The van der Waals surface area contributed by atoms with Crippen LogP contribution in [0.5, 0.6) is 0 Å². The lowest BCUT2D eigenvalue weighted by molar-refractivity contribution is -0.137. The molecule has 0 aromatic rings. The van der Waals surface area contributed by atoms with E-state index in [1.807, 2.05) is 0 Å². The molecule has 1 amide bonds. The Morgan fingerprint density at radius 1 is 1.24 bits per heavy atom. The van der Waals surface area contributed by atoms with Crippen molar-refractivity contribution in [1.29, 1.82) is 0 Å². The predicted octanol–water partition coefficient (Wildman–Crippen LogP) is 0.966. The number of piperidine rings is 1. The largest absolute Gasteiger partial charge is 0.375 e.